The first-order valence-corrected chi connectivity index (χ1v) is 6.20. The van der Waals surface area contributed by atoms with Crippen LogP contribution in [-0.4, -0.2) is 24.0 Å². The Morgan fingerprint density at radius 1 is 1.44 bits per heavy atom. The summed E-state index contributed by atoms with van der Waals surface area (Å²) in [6.45, 7) is 4.50. The lowest BCUT2D eigenvalue weighted by Crippen LogP contribution is -2.43. The highest BCUT2D eigenvalue weighted by atomic mass is 15.2. The first kappa shape index (κ1) is 11.6. The lowest BCUT2D eigenvalue weighted by molar-refractivity contribution is 0.165. The van der Waals surface area contributed by atoms with Crippen molar-refractivity contribution in [3.8, 4) is 0 Å². The molecule has 0 spiro atoms. The second kappa shape index (κ2) is 4.56. The normalized spacial score (nSPS) is 25.8. The molecule has 1 aliphatic rings. The summed E-state index contributed by atoms with van der Waals surface area (Å²) in [6, 6.07) is 9.82. The molecule has 3 unspecified atom stereocenters. The minimum Gasteiger partial charge on any atom is -0.323 e. The van der Waals surface area contributed by atoms with Gasteiger partial charge in [0, 0.05) is 18.1 Å². The maximum atomic E-state index is 6.34. The number of fused-ring (bicyclic) bond motifs is 1. The van der Waals surface area contributed by atoms with Gasteiger partial charge >= 0.3 is 0 Å². The summed E-state index contributed by atoms with van der Waals surface area (Å²) in [4.78, 5) is 2.44. The van der Waals surface area contributed by atoms with Crippen molar-refractivity contribution in [3.05, 3.63) is 35.4 Å². The molecule has 2 nitrogen and oxygen atoms in total. The number of benzene rings is 1. The molecule has 0 saturated heterocycles. The molecule has 0 heterocycles. The molecule has 0 aliphatic heterocycles. The van der Waals surface area contributed by atoms with E-state index in [1.165, 1.54) is 17.5 Å². The van der Waals surface area contributed by atoms with E-state index in [-0.39, 0.29) is 6.04 Å². The first-order chi connectivity index (χ1) is 7.65. The Kier molecular flexibility index (Phi) is 3.31. The molecule has 16 heavy (non-hydrogen) atoms. The number of nitrogens with zero attached hydrogens (tertiary/aromatic N) is 1. The zero-order chi connectivity index (χ0) is 11.7. The molecule has 0 bridgehead atoms. The highest BCUT2D eigenvalue weighted by molar-refractivity contribution is 5.36. The van der Waals surface area contributed by atoms with Crippen LogP contribution in [-0.2, 0) is 6.42 Å². The Balaban J connectivity index is 2.18. The minimum absolute atomic E-state index is 0.176. The van der Waals surface area contributed by atoms with Crippen molar-refractivity contribution >= 4 is 0 Å². The number of hydrogen-bond acceptors (Lipinski definition) is 2. The number of hydrogen-bond donors (Lipinski definition) is 1. The molecule has 88 valence electrons. The summed E-state index contributed by atoms with van der Waals surface area (Å²) < 4.78 is 0. The van der Waals surface area contributed by atoms with E-state index in [0.717, 1.165) is 6.42 Å². The van der Waals surface area contributed by atoms with E-state index in [1.54, 1.807) is 0 Å². The molecule has 3 atom stereocenters. The summed E-state index contributed by atoms with van der Waals surface area (Å²) >= 11 is 0. The van der Waals surface area contributed by atoms with Crippen LogP contribution in [0.25, 0.3) is 0 Å². The molecular weight excluding hydrogens is 196 g/mol. The average Bonchev–Trinajstić information content (AvgIpc) is 2.65. The van der Waals surface area contributed by atoms with Crippen molar-refractivity contribution in [2.75, 3.05) is 7.05 Å². The van der Waals surface area contributed by atoms with Crippen LogP contribution < -0.4 is 5.73 Å². The van der Waals surface area contributed by atoms with Crippen molar-refractivity contribution in [2.45, 2.75) is 44.8 Å². The lowest BCUT2D eigenvalue weighted by Gasteiger charge is -2.32. The Hall–Kier alpha value is -0.860. The van der Waals surface area contributed by atoms with Crippen molar-refractivity contribution in [1.82, 2.24) is 4.90 Å². The van der Waals surface area contributed by atoms with Gasteiger partial charge in [-0.2, -0.15) is 0 Å². The molecule has 0 fully saturated rings. The van der Waals surface area contributed by atoms with Gasteiger partial charge in [0.05, 0.1) is 0 Å². The average molecular weight is 218 g/mol. The van der Waals surface area contributed by atoms with Crippen LogP contribution in [0.5, 0.6) is 0 Å². The second-order valence-corrected chi connectivity index (χ2v) is 4.92. The van der Waals surface area contributed by atoms with Crippen LogP contribution in [0.15, 0.2) is 24.3 Å². The third kappa shape index (κ3) is 1.87. The molecule has 0 amide bonds. The number of nitrogens with two attached hydrogens (primary N) is 1. The Labute approximate surface area is 98.4 Å². The van der Waals surface area contributed by atoms with Crippen LogP contribution in [0.3, 0.4) is 0 Å². The smallest absolute Gasteiger partial charge is 0.0459 e. The SMILES string of the molecule is CCC(C)N(C)C1Cc2ccccc2C1N. The highest BCUT2D eigenvalue weighted by Gasteiger charge is 2.33. The van der Waals surface area contributed by atoms with Gasteiger partial charge < -0.3 is 5.73 Å². The summed E-state index contributed by atoms with van der Waals surface area (Å²) in [7, 11) is 2.20. The van der Waals surface area contributed by atoms with Gasteiger partial charge in [-0.1, -0.05) is 31.2 Å². The topological polar surface area (TPSA) is 29.3 Å². The van der Waals surface area contributed by atoms with E-state index in [4.69, 9.17) is 5.73 Å². The van der Waals surface area contributed by atoms with Crippen molar-refractivity contribution in [2.24, 2.45) is 5.73 Å². The van der Waals surface area contributed by atoms with Crippen LogP contribution in [0.2, 0.25) is 0 Å². The predicted molar refractivity (Wildman–Crippen MR) is 68.4 cm³/mol. The van der Waals surface area contributed by atoms with Gasteiger partial charge in [-0.25, -0.2) is 0 Å². The summed E-state index contributed by atoms with van der Waals surface area (Å²) in [5, 5.41) is 0. The van der Waals surface area contributed by atoms with Gasteiger partial charge in [0.25, 0.3) is 0 Å². The third-order valence-electron chi connectivity index (χ3n) is 4.07. The van der Waals surface area contributed by atoms with Crippen LogP contribution >= 0.6 is 0 Å². The van der Waals surface area contributed by atoms with Crippen molar-refractivity contribution < 1.29 is 0 Å². The predicted octanol–water partition coefficient (Wildman–Crippen LogP) is 2.34. The highest BCUT2D eigenvalue weighted by Crippen LogP contribution is 2.33. The van der Waals surface area contributed by atoms with Crippen LogP contribution in [0.1, 0.15) is 37.4 Å². The minimum atomic E-state index is 0.176. The monoisotopic (exact) mass is 218 g/mol. The molecule has 2 rings (SSSR count). The van der Waals surface area contributed by atoms with E-state index in [2.05, 4.69) is 50.1 Å². The lowest BCUT2D eigenvalue weighted by atomic mass is 10.1. The maximum absolute atomic E-state index is 6.34. The second-order valence-electron chi connectivity index (χ2n) is 4.92. The summed E-state index contributed by atoms with van der Waals surface area (Å²) in [5.74, 6) is 0. The largest absolute Gasteiger partial charge is 0.323 e. The zero-order valence-corrected chi connectivity index (χ0v) is 10.5. The molecule has 1 aliphatic carbocycles. The van der Waals surface area contributed by atoms with Gasteiger partial charge in [0.2, 0.25) is 0 Å². The van der Waals surface area contributed by atoms with Gasteiger partial charge in [0.1, 0.15) is 0 Å². The molecule has 1 aromatic carbocycles. The molecule has 2 heteroatoms. The fourth-order valence-electron chi connectivity index (χ4n) is 2.62. The summed E-state index contributed by atoms with van der Waals surface area (Å²) in [6.07, 6.45) is 2.27. The van der Waals surface area contributed by atoms with Gasteiger partial charge in [0.15, 0.2) is 0 Å². The van der Waals surface area contributed by atoms with Crippen molar-refractivity contribution in [1.29, 1.82) is 0 Å². The first-order valence-electron chi connectivity index (χ1n) is 6.20. The fourth-order valence-corrected chi connectivity index (χ4v) is 2.62. The van der Waals surface area contributed by atoms with Gasteiger partial charge in [-0.3, -0.25) is 4.90 Å². The summed E-state index contributed by atoms with van der Waals surface area (Å²) in [5.41, 5.74) is 9.10. The zero-order valence-electron chi connectivity index (χ0n) is 10.5. The van der Waals surface area contributed by atoms with E-state index in [1.807, 2.05) is 0 Å². The Morgan fingerprint density at radius 2 is 2.12 bits per heavy atom. The molecule has 2 N–H and O–H groups in total. The third-order valence-corrected chi connectivity index (χ3v) is 4.07. The molecule has 0 aromatic heterocycles. The maximum Gasteiger partial charge on any atom is 0.0459 e. The number of likely N-dealkylation sites (N-methyl/N-ethyl adjacent to an activating group) is 1. The van der Waals surface area contributed by atoms with Crippen LogP contribution in [0.4, 0.5) is 0 Å². The van der Waals surface area contributed by atoms with E-state index in [9.17, 15) is 0 Å². The molecule has 0 radical (unpaired) electrons. The van der Waals surface area contributed by atoms with Crippen LogP contribution in [0, 0.1) is 0 Å². The Morgan fingerprint density at radius 3 is 2.75 bits per heavy atom. The van der Waals surface area contributed by atoms with E-state index in [0.29, 0.717) is 12.1 Å². The standard InChI is InChI=1S/C14H22N2/c1-4-10(2)16(3)13-9-11-7-5-6-8-12(11)14(13)15/h5-8,10,13-14H,4,9,15H2,1-3H3. The Bertz CT molecular complexity index is 362. The quantitative estimate of drug-likeness (QED) is 0.843. The number of rotatable bonds is 3. The molecular formula is C14H22N2. The molecule has 1 aromatic rings. The fraction of sp³-hybridized carbons (Fsp3) is 0.571. The van der Waals surface area contributed by atoms with E-state index >= 15 is 0 Å². The van der Waals surface area contributed by atoms with Gasteiger partial charge in [-0.05, 0) is 37.9 Å². The molecule has 0 saturated carbocycles. The van der Waals surface area contributed by atoms with E-state index < -0.39 is 0 Å². The van der Waals surface area contributed by atoms with Crippen molar-refractivity contribution in [3.63, 3.8) is 0 Å². The van der Waals surface area contributed by atoms with Gasteiger partial charge in [-0.15, -0.1) is 0 Å².